The summed E-state index contributed by atoms with van der Waals surface area (Å²) >= 11 is 0. The number of rotatable bonds is 28. The van der Waals surface area contributed by atoms with Gasteiger partial charge >= 0.3 is 0 Å². The van der Waals surface area contributed by atoms with Crippen LogP contribution in [0, 0.1) is 11.8 Å². The van der Waals surface area contributed by atoms with E-state index in [1.807, 2.05) is 24.3 Å². The van der Waals surface area contributed by atoms with Crippen molar-refractivity contribution in [2.24, 2.45) is 11.8 Å². The third-order valence-electron chi connectivity index (χ3n) is 14.2. The highest BCUT2D eigenvalue weighted by molar-refractivity contribution is 5.57. The normalized spacial score (nSPS) is 18.6. The molecule has 4 aromatic rings. The molecule has 2 heterocycles. The average molecular weight is 873 g/mol. The molecule has 2 fully saturated rings. The van der Waals surface area contributed by atoms with Crippen LogP contribution >= 0.6 is 0 Å². The summed E-state index contributed by atoms with van der Waals surface area (Å²) in [7, 11) is 0. The molecule has 0 radical (unpaired) electrons. The molecule has 2 aromatic carbocycles. The summed E-state index contributed by atoms with van der Waals surface area (Å²) in [6.07, 6.45) is 45.6. The van der Waals surface area contributed by atoms with Crippen molar-refractivity contribution in [2.45, 2.75) is 219 Å². The lowest BCUT2D eigenvalue weighted by Gasteiger charge is -2.28. The maximum Gasteiger partial charge on any atom is 0.159 e. The second-order valence-corrected chi connectivity index (χ2v) is 19.4. The fourth-order valence-electron chi connectivity index (χ4n) is 9.88. The van der Waals surface area contributed by atoms with Crippen molar-refractivity contribution >= 4 is 0 Å². The fraction of sp³-hybridized carbons (Fsp3) is 0.655. The number of hydrogen-bond acceptors (Lipinski definition) is 6. The lowest BCUT2D eigenvalue weighted by atomic mass is 9.77. The molecular formula is C58H88N4O2. The molecule has 0 atom stereocenters. The van der Waals surface area contributed by atoms with Crippen LogP contribution < -0.4 is 9.47 Å². The number of aromatic nitrogens is 4. The molecule has 64 heavy (non-hydrogen) atoms. The molecule has 2 aliphatic rings. The van der Waals surface area contributed by atoms with Gasteiger partial charge in [0.15, 0.2) is 11.6 Å². The van der Waals surface area contributed by atoms with Crippen LogP contribution in [0.15, 0.2) is 73.3 Å². The van der Waals surface area contributed by atoms with Gasteiger partial charge in [0.05, 0.1) is 13.2 Å². The summed E-state index contributed by atoms with van der Waals surface area (Å²) in [4.78, 5) is 18.8. The van der Waals surface area contributed by atoms with Gasteiger partial charge in [-0.15, -0.1) is 0 Å². The Hall–Kier alpha value is -3.80. The Morgan fingerprint density at radius 3 is 1.05 bits per heavy atom. The minimum atomic E-state index is 0.642. The van der Waals surface area contributed by atoms with E-state index in [2.05, 4.69) is 86.7 Å². The van der Waals surface area contributed by atoms with E-state index in [4.69, 9.17) is 19.4 Å². The largest absolute Gasteiger partial charge is 0.494 e. The highest BCUT2D eigenvalue weighted by Crippen LogP contribution is 2.39. The molecule has 0 spiro atoms. The Morgan fingerprint density at radius 1 is 0.375 bits per heavy atom. The first kappa shape index (κ1) is 51.2. The van der Waals surface area contributed by atoms with Crippen LogP contribution in [0.1, 0.15) is 230 Å². The van der Waals surface area contributed by atoms with Gasteiger partial charge in [0.2, 0.25) is 0 Å². The zero-order valence-corrected chi connectivity index (χ0v) is 41.1. The molecule has 0 bridgehead atoms. The van der Waals surface area contributed by atoms with Crippen LogP contribution in [-0.2, 0) is 0 Å². The Labute approximate surface area is 391 Å². The molecule has 2 aliphatic carbocycles. The van der Waals surface area contributed by atoms with E-state index in [9.17, 15) is 0 Å². The molecule has 2 saturated carbocycles. The second kappa shape index (κ2) is 31.2. The van der Waals surface area contributed by atoms with E-state index >= 15 is 0 Å². The van der Waals surface area contributed by atoms with Crippen molar-refractivity contribution in [3.8, 4) is 34.3 Å². The Balaban J connectivity index is 0.000000241. The Kier molecular flexibility index (Phi) is 24.9. The molecule has 0 N–H and O–H groups in total. The van der Waals surface area contributed by atoms with E-state index in [1.54, 1.807) is 0 Å². The maximum absolute atomic E-state index is 5.88. The standard InChI is InChI=1S/C30H46N2O.C28H42N2O/c1-3-5-7-9-11-13-25-14-16-26(17-15-25)28-23-31-30(32-24-28)27-18-20-29(21-19-27)33-22-12-10-8-6-4-2;1-3-5-7-8-10-20-31-27-18-16-25(17-19-27)28-29-21-26(22-30-28)24-14-12-23(13-15-24)11-9-6-4-2/h18-21,23-26H,3-17,22H2,1-2H3;16-19,21-24H,3-15,20H2,1-2H3. The molecule has 2 aromatic heterocycles. The first-order valence-corrected chi connectivity index (χ1v) is 26.7. The monoisotopic (exact) mass is 873 g/mol. The quantitative estimate of drug-likeness (QED) is 0.0530. The van der Waals surface area contributed by atoms with Crippen molar-refractivity contribution in [3.05, 3.63) is 84.4 Å². The highest BCUT2D eigenvalue weighted by Gasteiger charge is 2.24. The van der Waals surface area contributed by atoms with Gasteiger partial charge in [-0.2, -0.15) is 0 Å². The Morgan fingerprint density at radius 2 is 0.688 bits per heavy atom. The van der Waals surface area contributed by atoms with Crippen molar-refractivity contribution in [1.82, 2.24) is 19.9 Å². The minimum absolute atomic E-state index is 0.642. The molecule has 352 valence electrons. The number of hydrogen-bond donors (Lipinski definition) is 0. The lowest BCUT2D eigenvalue weighted by molar-refractivity contribution is 0.301. The van der Waals surface area contributed by atoms with Crippen molar-refractivity contribution in [1.29, 1.82) is 0 Å². The maximum atomic E-state index is 5.88. The smallest absolute Gasteiger partial charge is 0.159 e. The van der Waals surface area contributed by atoms with Gasteiger partial charge in [-0.1, -0.05) is 143 Å². The predicted octanol–water partition coefficient (Wildman–Crippen LogP) is 17.5. The topological polar surface area (TPSA) is 70.0 Å². The first-order chi connectivity index (χ1) is 31.6. The zero-order valence-electron chi connectivity index (χ0n) is 41.1. The molecule has 0 amide bonds. The molecule has 6 heteroatoms. The Bertz CT molecular complexity index is 1730. The number of nitrogens with zero attached hydrogens (tertiary/aromatic N) is 4. The van der Waals surface area contributed by atoms with Gasteiger partial charge in [-0.25, -0.2) is 19.9 Å². The van der Waals surface area contributed by atoms with Crippen LogP contribution in [0.25, 0.3) is 22.8 Å². The van der Waals surface area contributed by atoms with E-state index in [1.165, 1.54) is 178 Å². The summed E-state index contributed by atoms with van der Waals surface area (Å²) in [6.45, 7) is 10.7. The predicted molar refractivity (Wildman–Crippen MR) is 270 cm³/mol. The number of unbranched alkanes of at least 4 members (excludes halogenated alkanes) is 14. The summed E-state index contributed by atoms with van der Waals surface area (Å²) in [5.41, 5.74) is 4.76. The van der Waals surface area contributed by atoms with Gasteiger partial charge in [-0.05, 0) is 148 Å². The second-order valence-electron chi connectivity index (χ2n) is 19.4. The van der Waals surface area contributed by atoms with Gasteiger partial charge in [0.25, 0.3) is 0 Å². The van der Waals surface area contributed by atoms with Crippen LogP contribution in [0.4, 0.5) is 0 Å². The summed E-state index contributed by atoms with van der Waals surface area (Å²) < 4.78 is 11.8. The van der Waals surface area contributed by atoms with Crippen LogP contribution in [0.5, 0.6) is 11.5 Å². The van der Waals surface area contributed by atoms with Crippen LogP contribution in [-0.4, -0.2) is 33.1 Å². The van der Waals surface area contributed by atoms with E-state index in [0.29, 0.717) is 11.8 Å². The minimum Gasteiger partial charge on any atom is -0.494 e. The molecule has 0 saturated heterocycles. The lowest BCUT2D eigenvalue weighted by Crippen LogP contribution is -2.14. The molecular weight excluding hydrogens is 785 g/mol. The molecule has 0 aliphatic heterocycles. The van der Waals surface area contributed by atoms with Crippen LogP contribution in [0.2, 0.25) is 0 Å². The number of ether oxygens (including phenoxy) is 2. The first-order valence-electron chi connectivity index (χ1n) is 26.7. The fourth-order valence-corrected chi connectivity index (χ4v) is 9.88. The highest BCUT2D eigenvalue weighted by atomic mass is 16.5. The van der Waals surface area contributed by atoms with Gasteiger partial charge in [0, 0.05) is 35.9 Å². The molecule has 6 nitrogen and oxygen atoms in total. The van der Waals surface area contributed by atoms with Gasteiger partial charge in [-0.3, -0.25) is 0 Å². The van der Waals surface area contributed by atoms with E-state index in [-0.39, 0.29) is 0 Å². The summed E-state index contributed by atoms with van der Waals surface area (Å²) in [5, 5.41) is 0. The van der Waals surface area contributed by atoms with Gasteiger partial charge < -0.3 is 9.47 Å². The molecule has 0 unspecified atom stereocenters. The van der Waals surface area contributed by atoms with Crippen molar-refractivity contribution in [3.63, 3.8) is 0 Å². The van der Waals surface area contributed by atoms with Crippen molar-refractivity contribution in [2.75, 3.05) is 13.2 Å². The average Bonchev–Trinajstić information content (AvgIpc) is 3.35. The van der Waals surface area contributed by atoms with Gasteiger partial charge in [0.1, 0.15) is 11.5 Å². The number of benzene rings is 2. The third-order valence-corrected chi connectivity index (χ3v) is 14.2. The van der Waals surface area contributed by atoms with E-state index in [0.717, 1.165) is 72.2 Å². The zero-order chi connectivity index (χ0) is 44.9. The van der Waals surface area contributed by atoms with Crippen LogP contribution in [0.3, 0.4) is 0 Å². The van der Waals surface area contributed by atoms with E-state index < -0.39 is 0 Å². The third kappa shape index (κ3) is 19.0. The summed E-state index contributed by atoms with van der Waals surface area (Å²) in [6, 6.07) is 16.5. The van der Waals surface area contributed by atoms with Crippen molar-refractivity contribution < 1.29 is 9.47 Å². The SMILES string of the molecule is CCCCCCCOc1ccc(-c2ncc(C3CCC(CCCCC)CC3)cn2)cc1.CCCCCCCOc1ccc(-c2ncc(C3CCC(CCCCCCC)CC3)cn2)cc1. The summed E-state index contributed by atoms with van der Waals surface area (Å²) in [5.74, 6) is 6.67. The molecule has 6 rings (SSSR count).